The summed E-state index contributed by atoms with van der Waals surface area (Å²) in [6.07, 6.45) is 1.34. The van der Waals surface area contributed by atoms with Crippen molar-refractivity contribution in [3.05, 3.63) is 59.8 Å². The Labute approximate surface area is 104 Å². The molecule has 0 amide bonds. The van der Waals surface area contributed by atoms with Gasteiger partial charge in [0.05, 0.1) is 6.26 Å². The molecule has 1 unspecified atom stereocenters. The van der Waals surface area contributed by atoms with Gasteiger partial charge in [0.1, 0.15) is 12.7 Å². The van der Waals surface area contributed by atoms with Crippen molar-refractivity contribution in [3.8, 4) is 0 Å². The van der Waals surface area contributed by atoms with Gasteiger partial charge < -0.3 is 19.7 Å². The Balaban J connectivity index is 2.12. The highest BCUT2D eigenvalue weighted by atomic mass is 16.5. The lowest BCUT2D eigenvalue weighted by Crippen LogP contribution is -2.21. The van der Waals surface area contributed by atoms with Gasteiger partial charge in [-0.1, -0.05) is 30.3 Å². The van der Waals surface area contributed by atoms with Crippen LogP contribution < -0.4 is 0 Å². The molecular formula is C13H12O5. The van der Waals surface area contributed by atoms with Crippen molar-refractivity contribution in [2.24, 2.45) is 0 Å². The van der Waals surface area contributed by atoms with Crippen molar-refractivity contribution in [1.82, 2.24) is 0 Å². The maximum Gasteiger partial charge on any atom is 0.375 e. The molecule has 1 atom stereocenters. The first-order chi connectivity index (χ1) is 8.68. The minimum absolute atomic E-state index is 0.0890. The number of carbonyl (C=O) groups is 1. The normalized spacial score (nSPS) is 18.4. The summed E-state index contributed by atoms with van der Waals surface area (Å²) in [6.45, 7) is 0.168. The molecule has 1 aliphatic heterocycles. The topological polar surface area (TPSA) is 76.0 Å². The summed E-state index contributed by atoms with van der Waals surface area (Å²) < 4.78 is 10.2. The summed E-state index contributed by atoms with van der Waals surface area (Å²) in [7, 11) is 0. The van der Waals surface area contributed by atoms with Gasteiger partial charge in [-0.3, -0.25) is 0 Å². The maximum atomic E-state index is 10.9. The lowest BCUT2D eigenvalue weighted by molar-refractivity contribution is -0.136. The molecule has 0 fully saturated rings. The van der Waals surface area contributed by atoms with Crippen LogP contribution in [0.5, 0.6) is 0 Å². The van der Waals surface area contributed by atoms with E-state index in [0.29, 0.717) is 0 Å². The van der Waals surface area contributed by atoms with Crippen LogP contribution in [0.2, 0.25) is 0 Å². The standard InChI is InChI=1S/C13H12O5/c14-10-6-7-17-12(13(15)16)11(10)18-8-9-4-2-1-3-5-9/h1-7,10,14H,8H2,(H,15,16). The van der Waals surface area contributed by atoms with Gasteiger partial charge in [0, 0.05) is 0 Å². The van der Waals surface area contributed by atoms with Crippen molar-refractivity contribution in [2.75, 3.05) is 0 Å². The highest BCUT2D eigenvalue weighted by Crippen LogP contribution is 2.20. The van der Waals surface area contributed by atoms with Crippen LogP contribution >= 0.6 is 0 Å². The number of hydrogen-bond acceptors (Lipinski definition) is 4. The van der Waals surface area contributed by atoms with E-state index in [9.17, 15) is 9.90 Å². The Bertz CT molecular complexity index is 489. The first-order valence-corrected chi connectivity index (χ1v) is 5.34. The molecule has 2 N–H and O–H groups in total. The lowest BCUT2D eigenvalue weighted by atomic mass is 10.2. The van der Waals surface area contributed by atoms with E-state index >= 15 is 0 Å². The summed E-state index contributed by atoms with van der Waals surface area (Å²) in [5, 5.41) is 18.6. The first-order valence-electron chi connectivity index (χ1n) is 5.34. The molecule has 0 aliphatic carbocycles. The number of ether oxygens (including phenoxy) is 2. The molecule has 0 aromatic heterocycles. The smallest absolute Gasteiger partial charge is 0.375 e. The Morgan fingerprint density at radius 3 is 2.72 bits per heavy atom. The second-order valence-electron chi connectivity index (χ2n) is 3.66. The van der Waals surface area contributed by atoms with Crippen molar-refractivity contribution < 1.29 is 24.5 Å². The van der Waals surface area contributed by atoms with E-state index in [4.69, 9.17) is 14.6 Å². The van der Waals surface area contributed by atoms with E-state index in [1.165, 1.54) is 6.08 Å². The molecule has 0 radical (unpaired) electrons. The van der Waals surface area contributed by atoms with Gasteiger partial charge in [-0.15, -0.1) is 0 Å². The van der Waals surface area contributed by atoms with Crippen LogP contribution in [-0.2, 0) is 20.9 Å². The van der Waals surface area contributed by atoms with Crippen LogP contribution in [0.15, 0.2) is 54.2 Å². The molecule has 0 saturated carbocycles. The van der Waals surface area contributed by atoms with E-state index in [1.807, 2.05) is 30.3 Å². The average Bonchev–Trinajstić information content (AvgIpc) is 2.38. The van der Waals surface area contributed by atoms with E-state index < -0.39 is 12.1 Å². The van der Waals surface area contributed by atoms with Gasteiger partial charge in [0.2, 0.25) is 0 Å². The molecule has 1 aromatic rings. The molecule has 0 spiro atoms. The molecule has 18 heavy (non-hydrogen) atoms. The number of benzene rings is 1. The third-order valence-corrected chi connectivity index (χ3v) is 2.37. The van der Waals surface area contributed by atoms with Gasteiger partial charge in [0.25, 0.3) is 5.76 Å². The molecule has 5 heteroatoms. The van der Waals surface area contributed by atoms with Gasteiger partial charge in [-0.2, -0.15) is 0 Å². The number of aliphatic hydroxyl groups is 1. The first kappa shape index (κ1) is 12.2. The van der Waals surface area contributed by atoms with Crippen molar-refractivity contribution in [1.29, 1.82) is 0 Å². The molecular weight excluding hydrogens is 236 g/mol. The van der Waals surface area contributed by atoms with Crippen molar-refractivity contribution in [3.63, 3.8) is 0 Å². The molecule has 1 aliphatic rings. The minimum atomic E-state index is -1.28. The van der Waals surface area contributed by atoms with E-state index in [1.54, 1.807) is 0 Å². The molecule has 1 heterocycles. The molecule has 0 bridgehead atoms. The van der Waals surface area contributed by atoms with Crippen LogP contribution in [-0.4, -0.2) is 22.3 Å². The zero-order valence-electron chi connectivity index (χ0n) is 9.45. The molecule has 5 nitrogen and oxygen atoms in total. The average molecular weight is 248 g/mol. The lowest BCUT2D eigenvalue weighted by Gasteiger charge is -2.19. The van der Waals surface area contributed by atoms with Gasteiger partial charge >= 0.3 is 5.97 Å². The predicted octanol–water partition coefficient (Wildman–Crippen LogP) is 1.40. The van der Waals surface area contributed by atoms with E-state index in [0.717, 1.165) is 11.8 Å². The highest BCUT2D eigenvalue weighted by molar-refractivity contribution is 5.85. The second-order valence-corrected chi connectivity index (χ2v) is 3.66. The van der Waals surface area contributed by atoms with Gasteiger partial charge in [0.15, 0.2) is 5.76 Å². The van der Waals surface area contributed by atoms with E-state index in [2.05, 4.69) is 0 Å². The summed E-state index contributed by atoms with van der Waals surface area (Å²) >= 11 is 0. The fourth-order valence-corrected chi connectivity index (χ4v) is 1.50. The minimum Gasteiger partial charge on any atom is -0.486 e. The second kappa shape index (κ2) is 5.37. The number of hydrogen-bond donors (Lipinski definition) is 2. The van der Waals surface area contributed by atoms with Gasteiger partial charge in [-0.25, -0.2) is 4.79 Å². The largest absolute Gasteiger partial charge is 0.486 e. The molecule has 1 aromatic carbocycles. The van der Waals surface area contributed by atoms with Crippen LogP contribution in [0, 0.1) is 0 Å². The van der Waals surface area contributed by atoms with Crippen molar-refractivity contribution >= 4 is 5.97 Å². The van der Waals surface area contributed by atoms with Gasteiger partial charge in [-0.05, 0) is 11.6 Å². The monoisotopic (exact) mass is 248 g/mol. The number of rotatable bonds is 4. The Morgan fingerprint density at radius 2 is 2.06 bits per heavy atom. The van der Waals surface area contributed by atoms with E-state index in [-0.39, 0.29) is 18.1 Å². The number of carboxylic acids is 1. The highest BCUT2D eigenvalue weighted by Gasteiger charge is 2.26. The summed E-state index contributed by atoms with van der Waals surface area (Å²) in [4.78, 5) is 10.9. The summed E-state index contributed by atoms with van der Waals surface area (Å²) in [6, 6.07) is 9.24. The predicted molar refractivity (Wildman–Crippen MR) is 62.1 cm³/mol. The van der Waals surface area contributed by atoms with Crippen LogP contribution in [0.4, 0.5) is 0 Å². The fourth-order valence-electron chi connectivity index (χ4n) is 1.50. The molecule has 94 valence electrons. The SMILES string of the molecule is O=C(O)C1=C(OCc2ccccc2)C(O)C=CO1. The third-order valence-electron chi connectivity index (χ3n) is 2.37. The molecule has 2 rings (SSSR count). The number of aliphatic carboxylic acids is 1. The molecule has 0 saturated heterocycles. The number of carboxylic acid groups (broad SMARTS) is 1. The Morgan fingerprint density at radius 1 is 1.33 bits per heavy atom. The quantitative estimate of drug-likeness (QED) is 0.842. The van der Waals surface area contributed by atoms with Crippen molar-refractivity contribution in [2.45, 2.75) is 12.7 Å². The summed E-state index contributed by atoms with van der Waals surface area (Å²) in [5.74, 6) is -1.75. The zero-order valence-corrected chi connectivity index (χ0v) is 9.45. The third kappa shape index (κ3) is 2.70. The Kier molecular flexibility index (Phi) is 3.64. The maximum absolute atomic E-state index is 10.9. The zero-order chi connectivity index (χ0) is 13.0. The Hall–Kier alpha value is -2.27. The van der Waals surface area contributed by atoms with Crippen LogP contribution in [0.1, 0.15) is 5.56 Å². The van der Waals surface area contributed by atoms with Crippen LogP contribution in [0.3, 0.4) is 0 Å². The van der Waals surface area contributed by atoms with Crippen LogP contribution in [0.25, 0.3) is 0 Å². The number of aliphatic hydroxyl groups excluding tert-OH is 1. The fraction of sp³-hybridized carbons (Fsp3) is 0.154. The summed E-state index contributed by atoms with van der Waals surface area (Å²) in [5.41, 5.74) is 0.872.